The number of hydrogen-bond donors (Lipinski definition) is 0. The molecule has 52 heavy (non-hydrogen) atoms. The highest BCUT2D eigenvalue weighted by molar-refractivity contribution is 6.75. The Hall–Kier alpha value is -3.81. The minimum atomic E-state index is -2.40. The fraction of sp³-hybridized carbons (Fsp3) is 0.432. The van der Waals surface area contributed by atoms with Gasteiger partial charge >= 0.3 is 5.97 Å². The third-order valence-corrected chi connectivity index (χ3v) is 15.7. The normalized spacial score (nSPS) is 23.1. The van der Waals surface area contributed by atoms with Crippen molar-refractivity contribution in [3.63, 3.8) is 0 Å². The molecule has 0 amide bonds. The second kappa shape index (κ2) is 17.8. The lowest BCUT2D eigenvalue weighted by atomic mass is 9.97. The smallest absolute Gasteiger partial charge is 0.341 e. The Kier molecular flexibility index (Phi) is 13.0. The van der Waals surface area contributed by atoms with E-state index in [1.165, 1.54) is 0 Å². The lowest BCUT2D eigenvalue weighted by molar-refractivity contribution is -0.357. The van der Waals surface area contributed by atoms with Crippen LogP contribution in [0.4, 0.5) is 0 Å². The van der Waals surface area contributed by atoms with Gasteiger partial charge in [-0.05, 0) is 58.6 Å². The van der Waals surface area contributed by atoms with E-state index in [0.29, 0.717) is 23.3 Å². The molecule has 2 heterocycles. The summed E-state index contributed by atoms with van der Waals surface area (Å²) in [5.41, 5.74) is 3.24. The van der Waals surface area contributed by atoms with Gasteiger partial charge < -0.3 is 28.1 Å². The maximum absolute atomic E-state index is 14.1. The highest BCUT2D eigenvalue weighted by atomic mass is 28.4. The molecule has 4 aromatic rings. The number of ether oxygens (including phenoxy) is 5. The average Bonchev–Trinajstić information content (AvgIpc) is 3.18. The largest absolute Gasteiger partial charge is 0.429 e. The number of unbranched alkanes of at least 4 members (excludes halogenated alkanes) is 2. The molecule has 0 N–H and O–H groups in total. The SMILES string of the molecule is CCCCC#Cc1ccccc1C(=O)O[C@@H]1O[C@@H]2COC(c3ccccc3)O[C@H]2[C@H](OCc2ccc3ccccc3c2)[C@@H]1O[Si](CC)(CC)C(C)C. The molecule has 0 saturated carbocycles. The number of hydrogen-bond acceptors (Lipinski definition) is 7. The Morgan fingerprint density at radius 3 is 2.35 bits per heavy atom. The van der Waals surface area contributed by atoms with Crippen molar-refractivity contribution in [3.05, 3.63) is 119 Å². The van der Waals surface area contributed by atoms with Crippen LogP contribution >= 0.6 is 0 Å². The molecule has 2 fully saturated rings. The first-order valence-electron chi connectivity index (χ1n) is 18.9. The topological polar surface area (TPSA) is 72.5 Å². The molecule has 2 aliphatic rings. The molecule has 7 nitrogen and oxygen atoms in total. The summed E-state index contributed by atoms with van der Waals surface area (Å²) < 4.78 is 40.3. The molecule has 6 rings (SSSR count). The minimum absolute atomic E-state index is 0.231. The lowest BCUT2D eigenvalue weighted by Crippen LogP contribution is -2.66. The fourth-order valence-electron chi connectivity index (χ4n) is 7.26. The van der Waals surface area contributed by atoms with Crippen molar-refractivity contribution in [2.75, 3.05) is 6.61 Å². The predicted molar refractivity (Wildman–Crippen MR) is 206 cm³/mol. The molecule has 0 aromatic heterocycles. The van der Waals surface area contributed by atoms with E-state index in [2.05, 4.69) is 76.8 Å². The number of fused-ring (bicyclic) bond motifs is 2. The third kappa shape index (κ3) is 8.69. The van der Waals surface area contributed by atoms with Crippen LogP contribution in [0.2, 0.25) is 17.6 Å². The predicted octanol–water partition coefficient (Wildman–Crippen LogP) is 9.74. The Labute approximate surface area is 310 Å². The van der Waals surface area contributed by atoms with Crippen molar-refractivity contribution in [1.29, 1.82) is 0 Å². The lowest BCUT2D eigenvalue weighted by Gasteiger charge is -2.51. The Bertz CT molecular complexity index is 1830. The summed E-state index contributed by atoms with van der Waals surface area (Å²) >= 11 is 0. The van der Waals surface area contributed by atoms with Gasteiger partial charge in [-0.2, -0.15) is 0 Å². The molecule has 4 aromatic carbocycles. The molecule has 0 spiro atoms. The minimum Gasteiger partial charge on any atom is -0.429 e. The van der Waals surface area contributed by atoms with Gasteiger partial charge in [0, 0.05) is 17.5 Å². The van der Waals surface area contributed by atoms with Crippen molar-refractivity contribution in [1.82, 2.24) is 0 Å². The molecule has 6 atom stereocenters. The maximum Gasteiger partial charge on any atom is 0.341 e. The van der Waals surface area contributed by atoms with E-state index in [-0.39, 0.29) is 6.61 Å². The monoisotopic (exact) mass is 720 g/mol. The standard InChI is InChI=1S/C44H52O7Si/c1-6-9-10-12-20-34-21-17-18-25-37(34)42(45)50-44-41(51-52(7-2,8-3)31(4)5)40(46-29-32-26-27-33-19-15-16-24-36(33)28-32)39-38(48-44)30-47-43(49-39)35-22-13-11-14-23-35/h11,13-19,21-28,31,38-41,43-44H,6-10,29-30H2,1-5H3/t38-,39-,40+,41+,43?,44+/m1/s1. The van der Waals surface area contributed by atoms with E-state index in [0.717, 1.165) is 53.3 Å². The van der Waals surface area contributed by atoms with Gasteiger partial charge in [0.05, 0.1) is 18.8 Å². The molecule has 0 radical (unpaired) electrons. The van der Waals surface area contributed by atoms with E-state index in [1.807, 2.05) is 60.7 Å². The molecular weight excluding hydrogens is 669 g/mol. The van der Waals surface area contributed by atoms with Gasteiger partial charge in [0.25, 0.3) is 0 Å². The van der Waals surface area contributed by atoms with Crippen LogP contribution in [0.3, 0.4) is 0 Å². The molecule has 1 unspecified atom stereocenters. The van der Waals surface area contributed by atoms with E-state index in [9.17, 15) is 4.79 Å². The quantitative estimate of drug-likeness (QED) is 0.0590. The van der Waals surface area contributed by atoms with E-state index >= 15 is 0 Å². The van der Waals surface area contributed by atoms with Crippen molar-refractivity contribution in [2.45, 2.75) is 115 Å². The number of carbonyl (C=O) groups is 1. The summed E-state index contributed by atoms with van der Waals surface area (Å²) in [7, 11) is -2.40. The highest BCUT2D eigenvalue weighted by Crippen LogP contribution is 2.41. The zero-order valence-electron chi connectivity index (χ0n) is 31.1. The summed E-state index contributed by atoms with van der Waals surface area (Å²) in [6.45, 7) is 11.5. The van der Waals surface area contributed by atoms with Crippen LogP contribution < -0.4 is 0 Å². The molecule has 0 bridgehead atoms. The first-order valence-corrected chi connectivity index (χ1v) is 21.3. The van der Waals surface area contributed by atoms with Gasteiger partial charge in [-0.1, -0.05) is 132 Å². The summed E-state index contributed by atoms with van der Waals surface area (Å²) in [6, 6.07) is 33.6. The highest BCUT2D eigenvalue weighted by Gasteiger charge is 2.55. The van der Waals surface area contributed by atoms with Gasteiger partial charge in [0.15, 0.2) is 14.6 Å². The van der Waals surface area contributed by atoms with Gasteiger partial charge in [-0.15, -0.1) is 0 Å². The van der Waals surface area contributed by atoms with Crippen molar-refractivity contribution in [3.8, 4) is 11.8 Å². The van der Waals surface area contributed by atoms with E-state index in [4.69, 9.17) is 28.1 Å². The Morgan fingerprint density at radius 2 is 1.60 bits per heavy atom. The second-order valence-electron chi connectivity index (χ2n) is 14.0. The fourth-order valence-corrected chi connectivity index (χ4v) is 10.8. The van der Waals surface area contributed by atoms with Gasteiger partial charge in [-0.3, -0.25) is 0 Å². The first-order chi connectivity index (χ1) is 25.4. The van der Waals surface area contributed by atoms with Gasteiger partial charge in [-0.25, -0.2) is 4.79 Å². The van der Waals surface area contributed by atoms with E-state index in [1.54, 1.807) is 6.07 Å². The van der Waals surface area contributed by atoms with Crippen molar-refractivity contribution < 1.29 is 32.9 Å². The molecular formula is C44H52O7Si. The molecule has 274 valence electrons. The Balaban J connectivity index is 1.36. The first kappa shape index (κ1) is 37.9. The van der Waals surface area contributed by atoms with Crippen LogP contribution in [-0.2, 0) is 34.7 Å². The number of benzene rings is 4. The van der Waals surface area contributed by atoms with Crippen LogP contribution in [-0.4, -0.2) is 51.6 Å². The van der Waals surface area contributed by atoms with Crippen LogP contribution in [0.5, 0.6) is 0 Å². The average molecular weight is 721 g/mol. The number of esters is 1. The van der Waals surface area contributed by atoms with Crippen LogP contribution in [0.1, 0.15) is 87.2 Å². The summed E-state index contributed by atoms with van der Waals surface area (Å²) in [4.78, 5) is 14.1. The zero-order chi connectivity index (χ0) is 36.5. The van der Waals surface area contributed by atoms with Crippen LogP contribution in [0.15, 0.2) is 97.1 Å². The Morgan fingerprint density at radius 1 is 0.865 bits per heavy atom. The number of rotatable bonds is 13. The number of carbonyl (C=O) groups excluding carboxylic acids is 1. The molecule has 2 aliphatic heterocycles. The summed E-state index contributed by atoms with van der Waals surface area (Å²) in [5.74, 6) is 5.89. The molecule has 2 saturated heterocycles. The van der Waals surface area contributed by atoms with Gasteiger partial charge in [0.2, 0.25) is 6.29 Å². The van der Waals surface area contributed by atoms with Gasteiger partial charge in [0.1, 0.15) is 24.4 Å². The summed E-state index contributed by atoms with van der Waals surface area (Å²) in [6.07, 6.45) is -1.36. The maximum atomic E-state index is 14.1. The van der Waals surface area contributed by atoms with E-state index < -0.39 is 51.3 Å². The van der Waals surface area contributed by atoms with Crippen LogP contribution in [0.25, 0.3) is 10.8 Å². The van der Waals surface area contributed by atoms with Crippen LogP contribution in [0, 0.1) is 11.8 Å². The van der Waals surface area contributed by atoms with Crippen molar-refractivity contribution >= 4 is 25.1 Å². The van der Waals surface area contributed by atoms with Crippen molar-refractivity contribution in [2.24, 2.45) is 0 Å². The summed E-state index contributed by atoms with van der Waals surface area (Å²) in [5, 5.41) is 2.30. The zero-order valence-corrected chi connectivity index (χ0v) is 32.1. The third-order valence-electron chi connectivity index (χ3n) is 10.5. The molecule has 8 heteroatoms. The second-order valence-corrected chi connectivity index (χ2v) is 19.0. The molecule has 0 aliphatic carbocycles.